The molecule has 1 fully saturated rings. The van der Waals surface area contributed by atoms with Crippen molar-refractivity contribution < 1.29 is 58.2 Å². The van der Waals surface area contributed by atoms with Crippen molar-refractivity contribution in [2.24, 2.45) is 0 Å². The number of aliphatic hydroxyl groups is 2. The van der Waals surface area contributed by atoms with Gasteiger partial charge in [0.2, 0.25) is 0 Å². The monoisotopic (exact) mass is 1100 g/mol. The number of unbranched alkanes of at least 4 members (excludes halogenated alkanes) is 8. The number of aliphatic hydroxyl groups excluding tert-OH is 2. The fourth-order valence-corrected chi connectivity index (χ4v) is 7.73. The Morgan fingerprint density at radius 2 is 0.810 bits per heavy atom. The summed E-state index contributed by atoms with van der Waals surface area (Å²) >= 11 is 0. The average molecular weight is 1100 g/mol. The molecule has 1 aliphatic heterocycles. The van der Waals surface area contributed by atoms with Crippen LogP contribution in [0.25, 0.3) is 0 Å². The Balaban J connectivity index is 2.80. The zero-order valence-corrected chi connectivity index (χ0v) is 48.3. The molecule has 0 aromatic rings. The minimum atomic E-state index is -1.95. The molecule has 440 valence electrons. The highest BCUT2D eigenvalue weighted by atomic mass is 16.7. The second-order valence-electron chi connectivity index (χ2n) is 19.1. The van der Waals surface area contributed by atoms with Gasteiger partial charge in [-0.15, -0.1) is 0 Å². The molecule has 12 heteroatoms. The number of carboxylic acids is 1. The number of hydrogen-bond donors (Lipinski definition) is 3. The second-order valence-corrected chi connectivity index (χ2v) is 19.1. The number of carboxylic acid groups (broad SMARTS) is 1. The summed E-state index contributed by atoms with van der Waals surface area (Å²) in [5.74, 6) is -3.40. The molecule has 0 aliphatic carbocycles. The fraction of sp³-hybridized carbons (Fsp3) is 0.552. The van der Waals surface area contributed by atoms with Crippen LogP contribution in [0.2, 0.25) is 0 Å². The first-order chi connectivity index (χ1) is 38.6. The van der Waals surface area contributed by atoms with E-state index in [0.717, 1.165) is 122 Å². The van der Waals surface area contributed by atoms with Gasteiger partial charge in [0, 0.05) is 12.8 Å². The van der Waals surface area contributed by atoms with Gasteiger partial charge in [0.25, 0.3) is 0 Å². The van der Waals surface area contributed by atoms with Gasteiger partial charge < -0.3 is 39.0 Å². The maximum atomic E-state index is 13.2. The number of allylic oxidation sites excluding steroid dienone is 25. The van der Waals surface area contributed by atoms with Crippen LogP contribution in [0.4, 0.5) is 0 Å². The Morgan fingerprint density at radius 3 is 1.25 bits per heavy atom. The van der Waals surface area contributed by atoms with Gasteiger partial charge in [0.1, 0.15) is 18.8 Å². The van der Waals surface area contributed by atoms with E-state index in [1.54, 1.807) is 12.2 Å². The Morgan fingerprint density at radius 1 is 0.430 bits per heavy atom. The largest absolute Gasteiger partial charge is 0.479 e. The molecule has 6 atom stereocenters. The van der Waals surface area contributed by atoms with Crippen molar-refractivity contribution in [2.45, 2.75) is 225 Å². The molecule has 3 N–H and O–H groups in total. The van der Waals surface area contributed by atoms with E-state index in [4.69, 9.17) is 23.7 Å². The van der Waals surface area contributed by atoms with Gasteiger partial charge in [0.15, 0.2) is 24.6 Å². The van der Waals surface area contributed by atoms with Crippen LogP contribution in [0.5, 0.6) is 0 Å². The molecule has 0 bridgehead atoms. The van der Waals surface area contributed by atoms with Gasteiger partial charge in [-0.25, -0.2) is 4.79 Å². The van der Waals surface area contributed by atoms with E-state index >= 15 is 0 Å². The number of rotatable bonds is 47. The summed E-state index contributed by atoms with van der Waals surface area (Å²) in [4.78, 5) is 51.1. The lowest BCUT2D eigenvalue weighted by molar-refractivity contribution is -0.301. The first kappa shape index (κ1) is 71.4. The number of ether oxygens (including phenoxy) is 5. The number of aliphatic carboxylic acids is 1. The van der Waals surface area contributed by atoms with Crippen molar-refractivity contribution in [3.63, 3.8) is 0 Å². The second kappa shape index (κ2) is 53.0. The van der Waals surface area contributed by atoms with Crippen molar-refractivity contribution in [3.05, 3.63) is 158 Å². The molecule has 1 rings (SSSR count). The van der Waals surface area contributed by atoms with E-state index in [2.05, 4.69) is 142 Å². The molecule has 1 heterocycles. The van der Waals surface area contributed by atoms with E-state index in [-0.39, 0.29) is 25.9 Å². The third kappa shape index (κ3) is 42.9. The topological polar surface area (TPSA) is 175 Å². The first-order valence-corrected chi connectivity index (χ1v) is 29.5. The van der Waals surface area contributed by atoms with E-state index in [1.165, 1.54) is 0 Å². The third-order valence-electron chi connectivity index (χ3n) is 12.1. The van der Waals surface area contributed by atoms with Crippen LogP contribution in [0.3, 0.4) is 0 Å². The van der Waals surface area contributed by atoms with Crippen LogP contribution in [0.1, 0.15) is 188 Å². The van der Waals surface area contributed by atoms with E-state index < -0.39 is 67.3 Å². The van der Waals surface area contributed by atoms with E-state index in [1.807, 2.05) is 24.3 Å². The lowest BCUT2D eigenvalue weighted by Crippen LogP contribution is -2.61. The van der Waals surface area contributed by atoms with Crippen molar-refractivity contribution in [3.8, 4) is 0 Å². The summed E-state index contributed by atoms with van der Waals surface area (Å²) in [7, 11) is 0. The molecular formula is C67H100O12. The highest BCUT2D eigenvalue weighted by molar-refractivity contribution is 5.74. The third-order valence-corrected chi connectivity index (χ3v) is 12.1. The van der Waals surface area contributed by atoms with Crippen LogP contribution in [-0.4, -0.2) is 89.2 Å². The number of carbonyl (C=O) groups is 4. The summed E-state index contributed by atoms with van der Waals surface area (Å²) in [6.45, 7) is 5.53. The molecule has 6 unspecified atom stereocenters. The van der Waals surface area contributed by atoms with Gasteiger partial charge in [-0.1, -0.05) is 211 Å². The maximum absolute atomic E-state index is 13.2. The Kier molecular flexibility index (Phi) is 47.9. The summed E-state index contributed by atoms with van der Waals surface area (Å²) in [6, 6.07) is 0. The predicted octanol–water partition coefficient (Wildman–Crippen LogP) is 15.3. The molecule has 1 saturated heterocycles. The van der Waals surface area contributed by atoms with Crippen LogP contribution in [-0.2, 0) is 42.9 Å². The van der Waals surface area contributed by atoms with Gasteiger partial charge in [-0.05, 0) is 116 Å². The molecule has 0 saturated carbocycles. The normalized spacial score (nSPS) is 19.0. The molecule has 79 heavy (non-hydrogen) atoms. The minimum absolute atomic E-state index is 0.119. The summed E-state index contributed by atoms with van der Waals surface area (Å²) < 4.78 is 28.2. The van der Waals surface area contributed by atoms with Crippen molar-refractivity contribution in [1.29, 1.82) is 0 Å². The standard InChI is InChI=1S/C67H100O12/c1-4-7-10-13-16-19-22-25-28-30-33-35-38-41-44-47-50-53-59(68)75-56-58(77-60(69)54-51-48-45-42-39-37-34-31-29-26-23-20-17-14-11-8-5-2)57-76-67-65(63(72)62(71)64(79-67)66(73)74)78-61(70)55-52-49-46-43-40-36-32-27-24-21-18-15-12-9-6-3/h7-12,16-21,25-29,32-33,35,40-41,43-44,49,52,58,62-65,67,71-72H,4-6,13-15,22-24,30-31,34,36-39,42,45-48,50-51,53-57H2,1-3H3,(H,73,74)/b10-7-,11-8-,12-9-,19-16-,20-17-,21-18-,28-25-,29-26-,32-27-,35-33-,43-40-,44-41-,52-49-. The fourth-order valence-electron chi connectivity index (χ4n) is 7.73. The van der Waals surface area contributed by atoms with Gasteiger partial charge in [-0.2, -0.15) is 0 Å². The van der Waals surface area contributed by atoms with Crippen molar-refractivity contribution >= 4 is 23.9 Å². The van der Waals surface area contributed by atoms with Gasteiger partial charge >= 0.3 is 23.9 Å². The molecule has 0 aromatic carbocycles. The smallest absolute Gasteiger partial charge is 0.335 e. The molecular weight excluding hydrogens is 997 g/mol. The summed E-state index contributed by atoms with van der Waals surface area (Å²) in [6.07, 6.45) is 65.3. The lowest BCUT2D eigenvalue weighted by atomic mass is 9.98. The quantitative estimate of drug-likeness (QED) is 0.0228. The highest BCUT2D eigenvalue weighted by Gasteiger charge is 2.50. The SMILES string of the molecule is CC/C=C\C/C=C\C/C=C\C/C=C\C/C=C\CCCC(=O)OCC(COC1OC(C(=O)O)C(O)C(O)C1OC(=O)C/C=C\C/C=C\C/C=C\C/C=C\C/C=C\CC)OC(=O)CCCCCCCCC/C=C\C/C=C\C/C=C\CC. The summed E-state index contributed by atoms with van der Waals surface area (Å²) in [5, 5.41) is 31.5. The maximum Gasteiger partial charge on any atom is 0.335 e. The van der Waals surface area contributed by atoms with Gasteiger partial charge in [-0.3, -0.25) is 14.4 Å². The van der Waals surface area contributed by atoms with Gasteiger partial charge in [0.05, 0.1) is 13.0 Å². The molecule has 0 amide bonds. The highest BCUT2D eigenvalue weighted by Crippen LogP contribution is 2.26. The summed E-state index contributed by atoms with van der Waals surface area (Å²) in [5.41, 5.74) is 0. The number of carbonyl (C=O) groups excluding carboxylic acids is 3. The Bertz CT molecular complexity index is 1980. The molecule has 12 nitrogen and oxygen atoms in total. The molecule has 0 spiro atoms. The van der Waals surface area contributed by atoms with Crippen LogP contribution in [0, 0.1) is 0 Å². The minimum Gasteiger partial charge on any atom is -0.479 e. The first-order valence-electron chi connectivity index (χ1n) is 29.5. The van der Waals surface area contributed by atoms with E-state index in [9.17, 15) is 34.5 Å². The van der Waals surface area contributed by atoms with Crippen LogP contribution >= 0.6 is 0 Å². The zero-order chi connectivity index (χ0) is 57.5. The van der Waals surface area contributed by atoms with Crippen LogP contribution < -0.4 is 0 Å². The number of esters is 3. The van der Waals surface area contributed by atoms with Crippen molar-refractivity contribution in [1.82, 2.24) is 0 Å². The lowest BCUT2D eigenvalue weighted by Gasteiger charge is -2.40. The Labute approximate surface area is 475 Å². The molecule has 0 aromatic heterocycles. The number of hydrogen-bond acceptors (Lipinski definition) is 11. The zero-order valence-electron chi connectivity index (χ0n) is 48.3. The Hall–Kier alpha value is -5.66. The van der Waals surface area contributed by atoms with E-state index in [0.29, 0.717) is 25.7 Å². The predicted molar refractivity (Wildman–Crippen MR) is 321 cm³/mol. The molecule has 0 radical (unpaired) electrons. The van der Waals surface area contributed by atoms with Crippen molar-refractivity contribution in [2.75, 3.05) is 13.2 Å². The van der Waals surface area contributed by atoms with Crippen LogP contribution in [0.15, 0.2) is 158 Å². The average Bonchev–Trinajstić information content (AvgIpc) is 3.46. The molecule has 1 aliphatic rings.